The molecule has 1 heteroatoms. The molecule has 68 valence electrons. The molecule has 2 atom stereocenters. The summed E-state index contributed by atoms with van der Waals surface area (Å²) in [5, 5.41) is 0. The van der Waals surface area contributed by atoms with Gasteiger partial charge in [0, 0.05) is 0 Å². The highest BCUT2D eigenvalue weighted by molar-refractivity contribution is 4.98. The topological polar surface area (TPSA) is 9.23 Å². The van der Waals surface area contributed by atoms with Crippen molar-refractivity contribution in [2.75, 3.05) is 0 Å². The predicted octanol–water partition coefficient (Wildman–Crippen LogP) is 3.14. The van der Waals surface area contributed by atoms with Gasteiger partial charge in [-0.25, -0.2) is 0 Å². The fourth-order valence-electron chi connectivity index (χ4n) is 1.25. The standard InChI is InChI=1S/C11H18O/c1-9(2)4-5-11-8-10(3)6-7-12-11/h4-7,9-11H,8H2,1-3H3/b5-4+/t10?,11-/m1/s1. The van der Waals surface area contributed by atoms with Crippen LogP contribution in [0.25, 0.3) is 0 Å². The molecule has 1 nitrogen and oxygen atoms in total. The van der Waals surface area contributed by atoms with E-state index in [4.69, 9.17) is 4.74 Å². The number of hydrogen-bond acceptors (Lipinski definition) is 1. The molecule has 0 N–H and O–H groups in total. The van der Waals surface area contributed by atoms with Gasteiger partial charge in [-0.3, -0.25) is 0 Å². The Hall–Kier alpha value is -0.720. The van der Waals surface area contributed by atoms with E-state index in [-0.39, 0.29) is 0 Å². The Balaban J connectivity index is 2.39. The van der Waals surface area contributed by atoms with Crippen LogP contribution in [0.5, 0.6) is 0 Å². The quantitative estimate of drug-likeness (QED) is 0.573. The van der Waals surface area contributed by atoms with Crippen molar-refractivity contribution in [1.29, 1.82) is 0 Å². The lowest BCUT2D eigenvalue weighted by Crippen LogP contribution is -2.14. The third kappa shape index (κ3) is 3.12. The van der Waals surface area contributed by atoms with Gasteiger partial charge in [-0.1, -0.05) is 26.8 Å². The number of allylic oxidation sites excluding steroid dienone is 2. The van der Waals surface area contributed by atoms with Gasteiger partial charge in [0.15, 0.2) is 0 Å². The smallest absolute Gasteiger partial charge is 0.116 e. The van der Waals surface area contributed by atoms with Crippen LogP contribution in [0.1, 0.15) is 27.2 Å². The average molecular weight is 166 g/mol. The van der Waals surface area contributed by atoms with Crippen molar-refractivity contribution in [2.45, 2.75) is 33.3 Å². The largest absolute Gasteiger partial charge is 0.494 e. The molecule has 0 aliphatic carbocycles. The summed E-state index contributed by atoms with van der Waals surface area (Å²) in [7, 11) is 0. The van der Waals surface area contributed by atoms with E-state index in [1.54, 1.807) is 0 Å². The van der Waals surface area contributed by atoms with Crippen molar-refractivity contribution in [3.05, 3.63) is 24.5 Å². The first kappa shape index (κ1) is 9.37. The zero-order valence-electron chi connectivity index (χ0n) is 8.16. The van der Waals surface area contributed by atoms with Crippen molar-refractivity contribution in [3.8, 4) is 0 Å². The Morgan fingerprint density at radius 1 is 1.50 bits per heavy atom. The number of hydrogen-bond donors (Lipinski definition) is 0. The minimum Gasteiger partial charge on any atom is -0.494 e. The molecule has 12 heavy (non-hydrogen) atoms. The zero-order chi connectivity index (χ0) is 8.97. The maximum atomic E-state index is 5.43. The molecule has 0 aromatic rings. The molecule has 1 heterocycles. The molecule has 1 aliphatic heterocycles. The van der Waals surface area contributed by atoms with Crippen LogP contribution in [0.15, 0.2) is 24.5 Å². The first-order valence-electron chi connectivity index (χ1n) is 4.69. The van der Waals surface area contributed by atoms with Crippen LogP contribution in [0.4, 0.5) is 0 Å². The summed E-state index contributed by atoms with van der Waals surface area (Å²) in [4.78, 5) is 0. The minimum absolute atomic E-state index is 0.299. The van der Waals surface area contributed by atoms with Gasteiger partial charge in [0.25, 0.3) is 0 Å². The molecular formula is C11H18O. The molecule has 0 bridgehead atoms. The zero-order valence-corrected chi connectivity index (χ0v) is 8.16. The van der Waals surface area contributed by atoms with E-state index in [1.165, 1.54) is 0 Å². The third-order valence-electron chi connectivity index (χ3n) is 1.98. The molecule has 1 unspecified atom stereocenters. The Bertz CT molecular complexity index is 179. The van der Waals surface area contributed by atoms with E-state index in [1.807, 2.05) is 6.26 Å². The summed E-state index contributed by atoms with van der Waals surface area (Å²) >= 11 is 0. The first-order valence-corrected chi connectivity index (χ1v) is 4.69. The summed E-state index contributed by atoms with van der Waals surface area (Å²) < 4.78 is 5.43. The van der Waals surface area contributed by atoms with E-state index in [9.17, 15) is 0 Å². The molecule has 1 aliphatic rings. The lowest BCUT2D eigenvalue weighted by atomic mass is 10.0. The van der Waals surface area contributed by atoms with Crippen molar-refractivity contribution >= 4 is 0 Å². The molecular weight excluding hydrogens is 148 g/mol. The Labute approximate surface area is 75.1 Å². The fraction of sp³-hybridized carbons (Fsp3) is 0.636. The van der Waals surface area contributed by atoms with Crippen LogP contribution >= 0.6 is 0 Å². The summed E-state index contributed by atoms with van der Waals surface area (Å²) in [5.74, 6) is 1.27. The summed E-state index contributed by atoms with van der Waals surface area (Å²) in [6, 6.07) is 0. The normalized spacial score (nSPS) is 29.7. The fourth-order valence-corrected chi connectivity index (χ4v) is 1.25. The summed E-state index contributed by atoms with van der Waals surface area (Å²) in [5.41, 5.74) is 0. The second kappa shape index (κ2) is 4.34. The Morgan fingerprint density at radius 2 is 2.25 bits per heavy atom. The van der Waals surface area contributed by atoms with E-state index >= 15 is 0 Å². The minimum atomic E-state index is 0.299. The van der Waals surface area contributed by atoms with Gasteiger partial charge in [0.1, 0.15) is 6.10 Å². The second-order valence-electron chi connectivity index (χ2n) is 3.84. The van der Waals surface area contributed by atoms with Crippen LogP contribution in [0, 0.1) is 11.8 Å². The molecule has 1 rings (SSSR count). The highest BCUT2D eigenvalue weighted by atomic mass is 16.5. The molecule has 0 spiro atoms. The highest BCUT2D eigenvalue weighted by Gasteiger charge is 2.12. The Kier molecular flexibility index (Phi) is 3.39. The number of ether oxygens (including phenoxy) is 1. The maximum absolute atomic E-state index is 5.43. The van der Waals surface area contributed by atoms with E-state index in [0.717, 1.165) is 6.42 Å². The highest BCUT2D eigenvalue weighted by Crippen LogP contribution is 2.17. The summed E-state index contributed by atoms with van der Waals surface area (Å²) in [6.07, 6.45) is 9.72. The molecule has 0 aromatic carbocycles. The van der Waals surface area contributed by atoms with Gasteiger partial charge in [0.05, 0.1) is 6.26 Å². The van der Waals surface area contributed by atoms with Gasteiger partial charge < -0.3 is 4.74 Å². The lowest BCUT2D eigenvalue weighted by molar-refractivity contribution is 0.148. The van der Waals surface area contributed by atoms with Gasteiger partial charge in [-0.15, -0.1) is 0 Å². The van der Waals surface area contributed by atoms with Gasteiger partial charge in [-0.2, -0.15) is 0 Å². The van der Waals surface area contributed by atoms with Crippen molar-refractivity contribution in [2.24, 2.45) is 11.8 Å². The summed E-state index contributed by atoms with van der Waals surface area (Å²) in [6.45, 7) is 6.58. The molecule has 0 fully saturated rings. The van der Waals surface area contributed by atoms with Crippen LogP contribution in [-0.2, 0) is 4.74 Å². The van der Waals surface area contributed by atoms with Crippen molar-refractivity contribution < 1.29 is 4.74 Å². The first-order chi connectivity index (χ1) is 5.68. The van der Waals surface area contributed by atoms with Gasteiger partial charge in [-0.05, 0) is 30.4 Å². The third-order valence-corrected chi connectivity index (χ3v) is 1.98. The maximum Gasteiger partial charge on any atom is 0.116 e. The van der Waals surface area contributed by atoms with E-state index < -0.39 is 0 Å². The van der Waals surface area contributed by atoms with E-state index in [2.05, 4.69) is 39.0 Å². The average Bonchev–Trinajstić information content (AvgIpc) is 2.01. The van der Waals surface area contributed by atoms with Gasteiger partial charge in [0.2, 0.25) is 0 Å². The van der Waals surface area contributed by atoms with E-state index in [0.29, 0.717) is 17.9 Å². The van der Waals surface area contributed by atoms with Crippen LogP contribution < -0.4 is 0 Å². The number of rotatable bonds is 2. The molecule has 0 saturated heterocycles. The van der Waals surface area contributed by atoms with Crippen LogP contribution in [0.2, 0.25) is 0 Å². The van der Waals surface area contributed by atoms with Crippen LogP contribution in [-0.4, -0.2) is 6.10 Å². The predicted molar refractivity (Wildman–Crippen MR) is 51.8 cm³/mol. The second-order valence-corrected chi connectivity index (χ2v) is 3.84. The van der Waals surface area contributed by atoms with Crippen molar-refractivity contribution in [1.82, 2.24) is 0 Å². The SMILES string of the molecule is CC(C)/C=C/[C@@H]1CC(C)C=CO1. The van der Waals surface area contributed by atoms with Crippen LogP contribution in [0.3, 0.4) is 0 Å². The molecule has 0 radical (unpaired) electrons. The van der Waals surface area contributed by atoms with Gasteiger partial charge >= 0.3 is 0 Å². The molecule has 0 aromatic heterocycles. The molecule has 0 amide bonds. The van der Waals surface area contributed by atoms with Crippen molar-refractivity contribution in [3.63, 3.8) is 0 Å². The Morgan fingerprint density at radius 3 is 2.83 bits per heavy atom. The monoisotopic (exact) mass is 166 g/mol. The lowest BCUT2D eigenvalue weighted by Gasteiger charge is -2.20. The molecule has 0 saturated carbocycles.